The maximum atomic E-state index is 13.8. The monoisotopic (exact) mass is 482 g/mol. The third kappa shape index (κ3) is 5.64. The number of alkyl halides is 6. The minimum Gasteiger partial charge on any atom is -0.462 e. The Labute approximate surface area is 184 Å². The van der Waals surface area contributed by atoms with Crippen LogP contribution in [0.15, 0.2) is 35.9 Å². The van der Waals surface area contributed by atoms with Crippen LogP contribution in [0.5, 0.6) is 0 Å². The molecule has 0 saturated carbocycles. The zero-order valence-corrected chi connectivity index (χ0v) is 17.7. The molecule has 33 heavy (non-hydrogen) atoms. The van der Waals surface area contributed by atoms with Crippen LogP contribution in [0.3, 0.4) is 0 Å². The Kier molecular flexibility index (Phi) is 7.46. The summed E-state index contributed by atoms with van der Waals surface area (Å²) in [5.74, 6) is -2.33. The van der Waals surface area contributed by atoms with Gasteiger partial charge in [-0.15, -0.1) is 0 Å². The third-order valence-electron chi connectivity index (χ3n) is 5.13. The average Bonchev–Trinajstić information content (AvgIpc) is 2.70. The highest BCUT2D eigenvalue weighted by atomic mass is 19.4. The van der Waals surface area contributed by atoms with E-state index in [2.05, 4.69) is 4.74 Å². The molecule has 1 aliphatic rings. The quantitative estimate of drug-likeness (QED) is 0.288. The van der Waals surface area contributed by atoms with E-state index in [-0.39, 0.29) is 11.9 Å². The lowest BCUT2D eigenvalue weighted by atomic mass is 9.93. The summed E-state index contributed by atoms with van der Waals surface area (Å²) < 4.78 is 99.2. The van der Waals surface area contributed by atoms with E-state index < -0.39 is 71.4 Å². The van der Waals surface area contributed by atoms with Gasteiger partial charge in [0.05, 0.1) is 23.6 Å². The second-order valence-electron chi connectivity index (χ2n) is 7.18. The number of hydrogen-bond donors (Lipinski definition) is 2. The van der Waals surface area contributed by atoms with Gasteiger partial charge >= 0.3 is 12.4 Å². The molecule has 0 aromatic heterocycles. The van der Waals surface area contributed by atoms with E-state index in [4.69, 9.17) is 11.1 Å². The van der Waals surface area contributed by atoms with Crippen molar-refractivity contribution in [2.75, 3.05) is 20.8 Å². The SMILES string of the molecule is CC1C(F)=CC=C(N(C)C(=O)Cc2c(C(=N)OCN)cc(C(F)(F)F)cc2C(F)(F)F)N1C. The zero-order valence-electron chi connectivity index (χ0n) is 17.7. The molecule has 1 heterocycles. The van der Waals surface area contributed by atoms with Crippen molar-refractivity contribution in [3.63, 3.8) is 0 Å². The molecule has 1 aromatic carbocycles. The van der Waals surface area contributed by atoms with Gasteiger partial charge in [-0.05, 0) is 36.8 Å². The lowest BCUT2D eigenvalue weighted by Gasteiger charge is -2.35. The summed E-state index contributed by atoms with van der Waals surface area (Å²) in [5.41, 5.74) is -0.0169. The number of nitrogens with two attached hydrogens (primary N) is 1. The summed E-state index contributed by atoms with van der Waals surface area (Å²) in [6.45, 7) is 0.815. The first-order valence-corrected chi connectivity index (χ1v) is 9.39. The van der Waals surface area contributed by atoms with Gasteiger partial charge in [0.2, 0.25) is 11.8 Å². The van der Waals surface area contributed by atoms with Crippen molar-refractivity contribution in [2.45, 2.75) is 31.7 Å². The number of rotatable bonds is 5. The van der Waals surface area contributed by atoms with Crippen LogP contribution in [0.1, 0.15) is 29.2 Å². The summed E-state index contributed by atoms with van der Waals surface area (Å²) in [6.07, 6.45) is -9.10. The van der Waals surface area contributed by atoms with Gasteiger partial charge in [-0.3, -0.25) is 15.9 Å². The molecule has 1 aliphatic heterocycles. The summed E-state index contributed by atoms with van der Waals surface area (Å²) in [6, 6.07) is -0.561. The molecule has 1 atom stereocenters. The van der Waals surface area contributed by atoms with E-state index in [9.17, 15) is 35.5 Å². The molecular formula is C20H21F7N4O2. The molecular weight excluding hydrogens is 461 g/mol. The number of likely N-dealkylation sites (N-methyl/N-ethyl adjacent to an activating group) is 2. The van der Waals surface area contributed by atoms with Gasteiger partial charge < -0.3 is 14.5 Å². The fraction of sp³-hybridized carbons (Fsp3) is 0.400. The molecule has 0 spiro atoms. The number of ether oxygens (including phenoxy) is 1. The van der Waals surface area contributed by atoms with E-state index in [0.29, 0.717) is 6.07 Å². The number of nitrogens with zero attached hydrogens (tertiary/aromatic N) is 2. The smallest absolute Gasteiger partial charge is 0.416 e. The van der Waals surface area contributed by atoms with Crippen molar-refractivity contribution in [1.29, 1.82) is 5.41 Å². The van der Waals surface area contributed by atoms with Crippen molar-refractivity contribution in [3.8, 4) is 0 Å². The molecule has 1 unspecified atom stereocenters. The Morgan fingerprint density at radius 3 is 2.30 bits per heavy atom. The largest absolute Gasteiger partial charge is 0.462 e. The Bertz CT molecular complexity index is 999. The van der Waals surface area contributed by atoms with Crippen LogP contribution in [0, 0.1) is 5.41 Å². The van der Waals surface area contributed by atoms with Crippen LogP contribution in [0.2, 0.25) is 0 Å². The van der Waals surface area contributed by atoms with Crippen LogP contribution in [-0.2, 0) is 28.3 Å². The van der Waals surface area contributed by atoms with Gasteiger partial charge in [0.25, 0.3) is 0 Å². The number of benzene rings is 1. The van der Waals surface area contributed by atoms with E-state index >= 15 is 0 Å². The van der Waals surface area contributed by atoms with Crippen molar-refractivity contribution < 1.29 is 40.3 Å². The van der Waals surface area contributed by atoms with Crippen molar-refractivity contribution >= 4 is 11.8 Å². The third-order valence-corrected chi connectivity index (χ3v) is 5.13. The summed E-state index contributed by atoms with van der Waals surface area (Å²) >= 11 is 0. The molecule has 0 aliphatic carbocycles. The number of hydrogen-bond acceptors (Lipinski definition) is 5. The molecule has 2 rings (SSSR count). The predicted octanol–water partition coefficient (Wildman–Crippen LogP) is 4.01. The van der Waals surface area contributed by atoms with Crippen LogP contribution >= 0.6 is 0 Å². The molecule has 13 heteroatoms. The minimum atomic E-state index is -5.27. The van der Waals surface area contributed by atoms with Crippen LogP contribution in [-0.4, -0.2) is 48.5 Å². The van der Waals surface area contributed by atoms with Gasteiger partial charge in [-0.25, -0.2) is 4.39 Å². The second kappa shape index (κ2) is 9.41. The molecule has 1 amide bonds. The highest BCUT2D eigenvalue weighted by Gasteiger charge is 2.41. The lowest BCUT2D eigenvalue weighted by molar-refractivity contribution is -0.143. The molecule has 0 radical (unpaired) electrons. The van der Waals surface area contributed by atoms with E-state index in [1.54, 1.807) is 0 Å². The lowest BCUT2D eigenvalue weighted by Crippen LogP contribution is -2.41. The summed E-state index contributed by atoms with van der Waals surface area (Å²) in [5, 5.41) is 7.77. The second-order valence-corrected chi connectivity index (χ2v) is 7.18. The number of amides is 1. The van der Waals surface area contributed by atoms with Gasteiger partial charge in [0, 0.05) is 19.7 Å². The zero-order chi connectivity index (χ0) is 25.3. The number of allylic oxidation sites excluding steroid dienone is 2. The standard InChI is InChI=1S/C20H21F7N4O2/c1-10-15(21)4-5-16(30(10)2)31(3)17(32)8-12-13(18(29)33-9-28)6-11(19(22,23)24)7-14(12)20(25,26)27/h4-7,10,29H,8-9,28H2,1-3H3. The first-order chi connectivity index (χ1) is 15.1. The number of carbonyl (C=O) groups excluding carboxylic acids is 1. The van der Waals surface area contributed by atoms with Crippen LogP contribution in [0.4, 0.5) is 30.7 Å². The van der Waals surface area contributed by atoms with Crippen LogP contribution in [0.25, 0.3) is 0 Å². The fourth-order valence-corrected chi connectivity index (χ4v) is 3.18. The van der Waals surface area contributed by atoms with Gasteiger partial charge in [0.15, 0.2) is 0 Å². The van der Waals surface area contributed by atoms with Gasteiger partial charge in [-0.1, -0.05) is 0 Å². The molecule has 6 nitrogen and oxygen atoms in total. The maximum Gasteiger partial charge on any atom is 0.416 e. The number of nitrogens with one attached hydrogen (secondary N) is 1. The Hall–Kier alpha value is -3.09. The molecule has 0 fully saturated rings. The van der Waals surface area contributed by atoms with Crippen LogP contribution < -0.4 is 5.73 Å². The topological polar surface area (TPSA) is 82.6 Å². The summed E-state index contributed by atoms with van der Waals surface area (Å²) in [7, 11) is 2.69. The number of carbonyl (C=O) groups is 1. The highest BCUT2D eigenvalue weighted by Crippen LogP contribution is 2.39. The first-order valence-electron chi connectivity index (χ1n) is 9.39. The molecule has 182 valence electrons. The minimum absolute atomic E-state index is 0.117. The average molecular weight is 482 g/mol. The first kappa shape index (κ1) is 26.2. The normalized spacial score (nSPS) is 16.8. The van der Waals surface area contributed by atoms with E-state index in [1.807, 2.05) is 0 Å². The maximum absolute atomic E-state index is 13.8. The Morgan fingerprint density at radius 1 is 1.18 bits per heavy atom. The Morgan fingerprint density at radius 2 is 1.79 bits per heavy atom. The van der Waals surface area contributed by atoms with E-state index in [1.165, 1.54) is 32.0 Å². The van der Waals surface area contributed by atoms with E-state index in [0.717, 1.165) is 11.0 Å². The van der Waals surface area contributed by atoms with Gasteiger partial charge in [0.1, 0.15) is 18.4 Å². The van der Waals surface area contributed by atoms with Crippen molar-refractivity contribution in [3.05, 3.63) is 58.2 Å². The predicted molar refractivity (Wildman–Crippen MR) is 104 cm³/mol. The van der Waals surface area contributed by atoms with Crippen molar-refractivity contribution in [2.24, 2.45) is 5.73 Å². The number of halogens is 7. The Balaban J connectivity index is 2.60. The van der Waals surface area contributed by atoms with Gasteiger partial charge in [-0.2, -0.15) is 26.3 Å². The fourth-order valence-electron chi connectivity index (χ4n) is 3.18. The highest BCUT2D eigenvalue weighted by molar-refractivity contribution is 5.96. The molecule has 3 N–H and O–H groups in total. The molecule has 0 saturated heterocycles. The molecule has 0 bridgehead atoms. The van der Waals surface area contributed by atoms with Crippen molar-refractivity contribution in [1.82, 2.24) is 9.80 Å². The molecule has 1 aromatic rings. The summed E-state index contributed by atoms with van der Waals surface area (Å²) in [4.78, 5) is 15.2.